The Bertz CT molecular complexity index is 774. The number of hydrogen-bond acceptors (Lipinski definition) is 7. The van der Waals surface area contributed by atoms with Crippen molar-refractivity contribution in [2.24, 2.45) is 17.4 Å². The molecule has 0 bridgehead atoms. The minimum atomic E-state index is -0.643. The van der Waals surface area contributed by atoms with Crippen molar-refractivity contribution in [3.63, 3.8) is 0 Å². The average molecular weight is 362 g/mol. The summed E-state index contributed by atoms with van der Waals surface area (Å²) in [7, 11) is 0. The summed E-state index contributed by atoms with van der Waals surface area (Å²) in [5.74, 6) is -0.387. The standard InChI is InChI=1S/C16H22N6O2S/c1-8(2)4-11(14(18)24)20-16-19-6-10(13(17)23)15(22-16)21-12-5-9(3)7-25-12/h5-8,11H,4H2,1-3H3,(H2,17,23)(H2,18,24)(H2,19,20,21,22)/t11-/m1/s1. The molecule has 2 rings (SSSR count). The van der Waals surface area contributed by atoms with Gasteiger partial charge in [0.2, 0.25) is 11.9 Å². The fraction of sp³-hybridized carbons (Fsp3) is 0.375. The molecule has 2 amide bonds. The summed E-state index contributed by atoms with van der Waals surface area (Å²) in [5.41, 5.74) is 12.1. The van der Waals surface area contributed by atoms with Crippen LogP contribution in [0.15, 0.2) is 17.6 Å². The molecular formula is C16H22N6O2S. The SMILES string of the molecule is Cc1csc(Nc2nc(N[C@H](CC(C)C)C(N)=O)ncc2C(N)=O)c1. The number of rotatable bonds is 8. The van der Waals surface area contributed by atoms with E-state index in [0.29, 0.717) is 6.42 Å². The predicted molar refractivity (Wildman–Crippen MR) is 98.9 cm³/mol. The highest BCUT2D eigenvalue weighted by molar-refractivity contribution is 7.14. The number of carbonyl (C=O) groups excluding carboxylic acids is 2. The molecule has 0 aliphatic rings. The van der Waals surface area contributed by atoms with Crippen LogP contribution in [-0.2, 0) is 4.79 Å². The van der Waals surface area contributed by atoms with Gasteiger partial charge in [0, 0.05) is 6.20 Å². The molecular weight excluding hydrogens is 340 g/mol. The number of amides is 2. The van der Waals surface area contributed by atoms with E-state index in [1.54, 1.807) is 0 Å². The quantitative estimate of drug-likeness (QED) is 0.567. The second-order valence-electron chi connectivity index (χ2n) is 6.16. The van der Waals surface area contributed by atoms with Gasteiger partial charge in [-0.2, -0.15) is 4.98 Å². The van der Waals surface area contributed by atoms with E-state index in [4.69, 9.17) is 11.5 Å². The summed E-state index contributed by atoms with van der Waals surface area (Å²) in [4.78, 5) is 31.6. The summed E-state index contributed by atoms with van der Waals surface area (Å²) >= 11 is 1.48. The number of hydrogen-bond donors (Lipinski definition) is 4. The molecule has 0 radical (unpaired) electrons. The minimum absolute atomic E-state index is 0.163. The minimum Gasteiger partial charge on any atom is -0.368 e. The topological polar surface area (TPSA) is 136 Å². The molecule has 0 saturated heterocycles. The molecule has 0 spiro atoms. The Morgan fingerprint density at radius 1 is 1.32 bits per heavy atom. The lowest BCUT2D eigenvalue weighted by Gasteiger charge is -2.18. The van der Waals surface area contributed by atoms with Crippen LogP contribution in [0.4, 0.5) is 16.8 Å². The summed E-state index contributed by atoms with van der Waals surface area (Å²) in [6, 6.07) is 1.33. The van der Waals surface area contributed by atoms with Gasteiger partial charge >= 0.3 is 0 Å². The molecule has 0 aliphatic heterocycles. The first-order valence-corrected chi connectivity index (χ1v) is 8.69. The summed E-state index contributed by atoms with van der Waals surface area (Å²) in [6.07, 6.45) is 1.87. The molecule has 25 heavy (non-hydrogen) atoms. The number of nitrogens with zero attached hydrogens (tertiary/aromatic N) is 2. The van der Waals surface area contributed by atoms with Gasteiger partial charge in [-0.25, -0.2) is 4.98 Å². The van der Waals surface area contributed by atoms with Crippen molar-refractivity contribution in [2.45, 2.75) is 33.2 Å². The molecule has 2 aromatic rings. The zero-order valence-electron chi connectivity index (χ0n) is 14.4. The van der Waals surface area contributed by atoms with Crippen molar-refractivity contribution in [2.75, 3.05) is 10.6 Å². The third kappa shape index (κ3) is 5.15. The predicted octanol–water partition coefficient (Wildman–Crippen LogP) is 2.00. The van der Waals surface area contributed by atoms with Gasteiger partial charge in [-0.15, -0.1) is 11.3 Å². The van der Waals surface area contributed by atoms with Gasteiger partial charge in [-0.3, -0.25) is 9.59 Å². The number of anilines is 3. The number of nitrogens with one attached hydrogen (secondary N) is 2. The third-order valence-electron chi connectivity index (χ3n) is 3.38. The zero-order valence-corrected chi connectivity index (χ0v) is 15.2. The lowest BCUT2D eigenvalue weighted by molar-refractivity contribution is -0.119. The molecule has 0 fully saturated rings. The number of aromatic nitrogens is 2. The molecule has 0 unspecified atom stereocenters. The lowest BCUT2D eigenvalue weighted by atomic mass is 10.0. The van der Waals surface area contributed by atoms with Gasteiger partial charge in [0.15, 0.2) is 0 Å². The van der Waals surface area contributed by atoms with Gasteiger partial charge in [0.25, 0.3) is 5.91 Å². The molecule has 6 N–H and O–H groups in total. The van der Waals surface area contributed by atoms with Crippen LogP contribution in [0.5, 0.6) is 0 Å². The fourth-order valence-electron chi connectivity index (χ4n) is 2.21. The Morgan fingerprint density at radius 2 is 2.04 bits per heavy atom. The second-order valence-corrected chi connectivity index (χ2v) is 7.07. The van der Waals surface area contributed by atoms with Gasteiger partial charge in [-0.05, 0) is 36.3 Å². The molecule has 1 atom stereocenters. The van der Waals surface area contributed by atoms with E-state index in [-0.39, 0.29) is 23.2 Å². The monoisotopic (exact) mass is 362 g/mol. The Morgan fingerprint density at radius 3 is 2.56 bits per heavy atom. The van der Waals surface area contributed by atoms with Gasteiger partial charge in [-0.1, -0.05) is 13.8 Å². The van der Waals surface area contributed by atoms with E-state index in [1.807, 2.05) is 32.2 Å². The van der Waals surface area contributed by atoms with Gasteiger partial charge < -0.3 is 22.1 Å². The Labute approximate surface area is 150 Å². The van der Waals surface area contributed by atoms with E-state index < -0.39 is 17.9 Å². The van der Waals surface area contributed by atoms with Crippen LogP contribution < -0.4 is 22.1 Å². The fourth-order valence-corrected chi connectivity index (χ4v) is 3.00. The highest BCUT2D eigenvalue weighted by Crippen LogP contribution is 2.25. The Balaban J connectivity index is 2.29. The van der Waals surface area contributed by atoms with Crippen molar-refractivity contribution in [3.8, 4) is 0 Å². The van der Waals surface area contributed by atoms with Crippen LogP contribution in [0.3, 0.4) is 0 Å². The van der Waals surface area contributed by atoms with E-state index in [1.165, 1.54) is 17.5 Å². The third-order valence-corrected chi connectivity index (χ3v) is 4.34. The van der Waals surface area contributed by atoms with Crippen molar-refractivity contribution in [1.29, 1.82) is 0 Å². The smallest absolute Gasteiger partial charge is 0.254 e. The maximum Gasteiger partial charge on any atom is 0.254 e. The molecule has 2 aromatic heterocycles. The molecule has 0 aliphatic carbocycles. The van der Waals surface area contributed by atoms with Crippen LogP contribution in [0.2, 0.25) is 0 Å². The van der Waals surface area contributed by atoms with Gasteiger partial charge in [0.1, 0.15) is 17.4 Å². The van der Waals surface area contributed by atoms with Crippen molar-refractivity contribution < 1.29 is 9.59 Å². The summed E-state index contributed by atoms with van der Waals surface area (Å²) < 4.78 is 0. The van der Waals surface area contributed by atoms with E-state index in [9.17, 15) is 9.59 Å². The molecule has 134 valence electrons. The van der Waals surface area contributed by atoms with Crippen molar-refractivity contribution in [3.05, 3.63) is 28.8 Å². The maximum atomic E-state index is 11.6. The van der Waals surface area contributed by atoms with E-state index in [2.05, 4.69) is 20.6 Å². The lowest BCUT2D eigenvalue weighted by Crippen LogP contribution is -2.37. The number of carbonyl (C=O) groups is 2. The van der Waals surface area contributed by atoms with Crippen LogP contribution in [0.1, 0.15) is 36.2 Å². The van der Waals surface area contributed by atoms with Gasteiger partial charge in [0.05, 0.1) is 5.00 Å². The zero-order chi connectivity index (χ0) is 18.6. The van der Waals surface area contributed by atoms with Crippen LogP contribution in [0.25, 0.3) is 0 Å². The Kier molecular flexibility index (Phi) is 5.92. The second kappa shape index (κ2) is 7.93. The average Bonchev–Trinajstić information content (AvgIpc) is 2.91. The van der Waals surface area contributed by atoms with Crippen LogP contribution >= 0.6 is 11.3 Å². The van der Waals surface area contributed by atoms with E-state index in [0.717, 1.165) is 10.6 Å². The first-order chi connectivity index (χ1) is 11.8. The van der Waals surface area contributed by atoms with E-state index >= 15 is 0 Å². The van der Waals surface area contributed by atoms with Crippen LogP contribution in [0, 0.1) is 12.8 Å². The van der Waals surface area contributed by atoms with Crippen molar-refractivity contribution in [1.82, 2.24) is 9.97 Å². The number of nitrogens with two attached hydrogens (primary N) is 2. The summed E-state index contributed by atoms with van der Waals surface area (Å²) in [6.45, 7) is 5.94. The molecule has 0 aromatic carbocycles. The maximum absolute atomic E-state index is 11.6. The van der Waals surface area contributed by atoms with Crippen molar-refractivity contribution >= 4 is 39.9 Å². The number of thiophene rings is 1. The molecule has 8 nitrogen and oxygen atoms in total. The molecule has 2 heterocycles. The Hall–Kier alpha value is -2.68. The highest BCUT2D eigenvalue weighted by atomic mass is 32.1. The molecule has 9 heteroatoms. The first-order valence-electron chi connectivity index (χ1n) is 7.81. The number of aryl methyl sites for hydroxylation is 1. The largest absolute Gasteiger partial charge is 0.368 e. The first kappa shape index (κ1) is 18.7. The van der Waals surface area contributed by atoms with Crippen LogP contribution in [-0.4, -0.2) is 27.8 Å². The summed E-state index contributed by atoms with van der Waals surface area (Å²) in [5, 5.41) is 8.78. The highest BCUT2D eigenvalue weighted by Gasteiger charge is 2.19. The normalized spacial score (nSPS) is 12.0. The molecule has 0 saturated carbocycles. The number of primary amides is 2.